The molecule has 0 bridgehead atoms. The summed E-state index contributed by atoms with van der Waals surface area (Å²) in [5, 5.41) is 2.78. The molecule has 102 valence electrons. The Morgan fingerprint density at radius 3 is 2.95 bits per heavy atom. The SMILES string of the molecule is O=C1CCc2cc(Oc3ncc(Br)cc3F)ccc2N1. The summed E-state index contributed by atoms with van der Waals surface area (Å²) in [6, 6.07) is 6.50. The maximum absolute atomic E-state index is 13.7. The number of benzene rings is 1. The van der Waals surface area contributed by atoms with Gasteiger partial charge in [-0.05, 0) is 52.2 Å². The van der Waals surface area contributed by atoms with Crippen molar-refractivity contribution in [3.63, 3.8) is 0 Å². The van der Waals surface area contributed by atoms with E-state index in [9.17, 15) is 9.18 Å². The van der Waals surface area contributed by atoms with Crippen molar-refractivity contribution in [3.8, 4) is 11.6 Å². The molecule has 0 saturated carbocycles. The highest BCUT2D eigenvalue weighted by Crippen LogP contribution is 2.30. The first-order valence-electron chi connectivity index (χ1n) is 6.03. The molecule has 2 aromatic rings. The number of aryl methyl sites for hydroxylation is 1. The second kappa shape index (κ2) is 5.20. The van der Waals surface area contributed by atoms with Crippen molar-refractivity contribution in [2.75, 3.05) is 5.32 Å². The van der Waals surface area contributed by atoms with Crippen LogP contribution in [0.15, 0.2) is 34.9 Å². The summed E-state index contributed by atoms with van der Waals surface area (Å²) in [4.78, 5) is 15.2. The minimum Gasteiger partial charge on any atom is -0.436 e. The average molecular weight is 337 g/mol. The molecule has 0 unspecified atom stereocenters. The lowest BCUT2D eigenvalue weighted by atomic mass is 10.0. The van der Waals surface area contributed by atoms with E-state index >= 15 is 0 Å². The monoisotopic (exact) mass is 336 g/mol. The van der Waals surface area contributed by atoms with Crippen LogP contribution in [-0.2, 0) is 11.2 Å². The van der Waals surface area contributed by atoms with Crippen LogP contribution in [0.4, 0.5) is 10.1 Å². The van der Waals surface area contributed by atoms with Crippen LogP contribution in [-0.4, -0.2) is 10.9 Å². The maximum Gasteiger partial charge on any atom is 0.255 e. The van der Waals surface area contributed by atoms with Crippen molar-refractivity contribution >= 4 is 27.5 Å². The molecule has 4 nitrogen and oxygen atoms in total. The molecule has 0 spiro atoms. The Morgan fingerprint density at radius 1 is 1.30 bits per heavy atom. The van der Waals surface area contributed by atoms with E-state index in [-0.39, 0.29) is 11.8 Å². The largest absolute Gasteiger partial charge is 0.436 e. The van der Waals surface area contributed by atoms with Crippen molar-refractivity contribution in [2.45, 2.75) is 12.8 Å². The standard InChI is InChI=1S/C14H10BrFN2O2/c15-9-6-11(16)14(17-7-9)20-10-2-3-12-8(5-10)1-4-13(19)18-12/h2-3,5-7H,1,4H2,(H,18,19). The normalized spacial score (nSPS) is 13.6. The van der Waals surface area contributed by atoms with Crippen LogP contribution in [0, 0.1) is 5.82 Å². The van der Waals surface area contributed by atoms with Crippen molar-refractivity contribution in [3.05, 3.63) is 46.3 Å². The number of hydrogen-bond acceptors (Lipinski definition) is 3. The third-order valence-electron chi connectivity index (χ3n) is 2.96. The van der Waals surface area contributed by atoms with Gasteiger partial charge in [0.25, 0.3) is 5.88 Å². The molecule has 0 saturated heterocycles. The van der Waals surface area contributed by atoms with Gasteiger partial charge in [0.15, 0.2) is 5.82 Å². The van der Waals surface area contributed by atoms with Gasteiger partial charge in [-0.25, -0.2) is 9.37 Å². The summed E-state index contributed by atoms with van der Waals surface area (Å²) in [6.45, 7) is 0. The van der Waals surface area contributed by atoms with Crippen LogP contribution in [0.2, 0.25) is 0 Å². The topological polar surface area (TPSA) is 51.2 Å². The van der Waals surface area contributed by atoms with Crippen LogP contribution in [0.3, 0.4) is 0 Å². The number of fused-ring (bicyclic) bond motifs is 1. The zero-order chi connectivity index (χ0) is 14.1. The fourth-order valence-corrected chi connectivity index (χ4v) is 2.32. The van der Waals surface area contributed by atoms with Gasteiger partial charge in [-0.15, -0.1) is 0 Å². The van der Waals surface area contributed by atoms with E-state index in [0.717, 1.165) is 11.3 Å². The van der Waals surface area contributed by atoms with E-state index in [2.05, 4.69) is 26.2 Å². The summed E-state index contributed by atoms with van der Waals surface area (Å²) in [5.74, 6) is -0.112. The molecule has 2 heterocycles. The lowest BCUT2D eigenvalue weighted by Gasteiger charge is -2.17. The van der Waals surface area contributed by atoms with E-state index in [1.54, 1.807) is 18.2 Å². The molecule has 1 aliphatic heterocycles. The Bertz CT molecular complexity index is 691. The number of nitrogens with zero attached hydrogens (tertiary/aromatic N) is 1. The second-order valence-corrected chi connectivity index (χ2v) is 5.33. The van der Waals surface area contributed by atoms with Crippen molar-refractivity contribution in [2.24, 2.45) is 0 Å². The van der Waals surface area contributed by atoms with Crippen LogP contribution in [0.1, 0.15) is 12.0 Å². The minimum absolute atomic E-state index is 0.00629. The second-order valence-electron chi connectivity index (χ2n) is 4.41. The summed E-state index contributed by atoms with van der Waals surface area (Å²) < 4.78 is 19.6. The first-order valence-corrected chi connectivity index (χ1v) is 6.83. The lowest BCUT2D eigenvalue weighted by Crippen LogP contribution is -2.18. The van der Waals surface area contributed by atoms with Crippen molar-refractivity contribution in [1.82, 2.24) is 4.98 Å². The molecule has 1 aromatic carbocycles. The van der Waals surface area contributed by atoms with Gasteiger partial charge in [0.05, 0.1) is 0 Å². The molecule has 1 N–H and O–H groups in total. The number of aromatic nitrogens is 1. The third kappa shape index (κ3) is 2.65. The molecule has 6 heteroatoms. The van der Waals surface area contributed by atoms with E-state index in [1.807, 2.05) is 0 Å². The molecular weight excluding hydrogens is 327 g/mol. The van der Waals surface area contributed by atoms with Gasteiger partial charge in [-0.2, -0.15) is 0 Å². The molecular formula is C14H10BrFN2O2. The molecule has 1 aliphatic rings. The number of rotatable bonds is 2. The summed E-state index contributed by atoms with van der Waals surface area (Å²) in [7, 11) is 0. The molecule has 0 radical (unpaired) electrons. The van der Waals surface area contributed by atoms with Crippen molar-refractivity contribution < 1.29 is 13.9 Å². The molecule has 1 aromatic heterocycles. The number of carbonyl (C=O) groups is 1. The Morgan fingerprint density at radius 2 is 2.15 bits per heavy atom. The quantitative estimate of drug-likeness (QED) is 0.910. The van der Waals surface area contributed by atoms with Crippen LogP contribution >= 0.6 is 15.9 Å². The highest BCUT2D eigenvalue weighted by atomic mass is 79.9. The Kier molecular flexibility index (Phi) is 3.40. The number of ether oxygens (including phenoxy) is 1. The summed E-state index contributed by atoms with van der Waals surface area (Å²) in [5.41, 5.74) is 1.75. The van der Waals surface area contributed by atoms with E-state index < -0.39 is 5.82 Å². The van der Waals surface area contributed by atoms with Crippen LogP contribution < -0.4 is 10.1 Å². The molecule has 1 amide bonds. The molecule has 0 aliphatic carbocycles. The number of halogens is 2. The smallest absolute Gasteiger partial charge is 0.255 e. The minimum atomic E-state index is -0.537. The Labute approximate surface area is 123 Å². The predicted molar refractivity (Wildman–Crippen MR) is 75.4 cm³/mol. The Balaban J connectivity index is 1.86. The van der Waals surface area contributed by atoms with Gasteiger partial charge in [-0.3, -0.25) is 4.79 Å². The van der Waals surface area contributed by atoms with E-state index in [1.165, 1.54) is 12.3 Å². The van der Waals surface area contributed by atoms with Gasteiger partial charge in [0.1, 0.15) is 5.75 Å². The number of carbonyl (C=O) groups excluding carboxylic acids is 1. The first-order chi connectivity index (χ1) is 9.61. The van der Waals surface area contributed by atoms with E-state index in [4.69, 9.17) is 4.74 Å². The molecule has 20 heavy (non-hydrogen) atoms. The number of pyridine rings is 1. The third-order valence-corrected chi connectivity index (χ3v) is 3.39. The molecule has 0 atom stereocenters. The predicted octanol–water partition coefficient (Wildman–Crippen LogP) is 3.66. The first kappa shape index (κ1) is 13.1. The fourth-order valence-electron chi connectivity index (χ4n) is 2.01. The summed E-state index contributed by atoms with van der Waals surface area (Å²) in [6.07, 6.45) is 2.56. The van der Waals surface area contributed by atoms with Gasteiger partial charge < -0.3 is 10.1 Å². The number of hydrogen-bond donors (Lipinski definition) is 1. The van der Waals surface area contributed by atoms with Gasteiger partial charge >= 0.3 is 0 Å². The lowest BCUT2D eigenvalue weighted by molar-refractivity contribution is -0.116. The summed E-state index contributed by atoms with van der Waals surface area (Å²) >= 11 is 3.14. The highest BCUT2D eigenvalue weighted by molar-refractivity contribution is 9.10. The van der Waals surface area contributed by atoms with E-state index in [0.29, 0.717) is 23.1 Å². The average Bonchev–Trinajstić information content (AvgIpc) is 2.42. The number of anilines is 1. The maximum atomic E-state index is 13.7. The van der Waals surface area contributed by atoms with Crippen LogP contribution in [0.5, 0.6) is 11.6 Å². The van der Waals surface area contributed by atoms with Gasteiger partial charge in [0, 0.05) is 22.8 Å². The van der Waals surface area contributed by atoms with Gasteiger partial charge in [-0.1, -0.05) is 0 Å². The van der Waals surface area contributed by atoms with Gasteiger partial charge in [0.2, 0.25) is 5.91 Å². The zero-order valence-electron chi connectivity index (χ0n) is 10.3. The number of amides is 1. The number of nitrogens with one attached hydrogen (secondary N) is 1. The van der Waals surface area contributed by atoms with Crippen LogP contribution in [0.25, 0.3) is 0 Å². The molecule has 3 rings (SSSR count). The highest BCUT2D eigenvalue weighted by Gasteiger charge is 2.16. The molecule has 0 fully saturated rings. The Hall–Kier alpha value is -1.95. The fraction of sp³-hybridized carbons (Fsp3) is 0.143. The zero-order valence-corrected chi connectivity index (χ0v) is 11.9. The van der Waals surface area contributed by atoms with Crippen molar-refractivity contribution in [1.29, 1.82) is 0 Å².